The Morgan fingerprint density at radius 2 is 1.77 bits per heavy atom. The van der Waals surface area contributed by atoms with Crippen LogP contribution in [0, 0.1) is 5.92 Å². The smallest absolute Gasteiger partial charge is 0.305 e. The van der Waals surface area contributed by atoms with Crippen molar-refractivity contribution in [3.8, 4) is 11.4 Å². The van der Waals surface area contributed by atoms with Gasteiger partial charge in [0, 0.05) is 35.1 Å². The summed E-state index contributed by atoms with van der Waals surface area (Å²) < 4.78 is 0.793. The lowest BCUT2D eigenvalue weighted by Gasteiger charge is -2.22. The molecule has 8 heteroatoms. The first-order valence-electron chi connectivity index (χ1n) is 9.54. The molecule has 0 spiro atoms. The maximum absolute atomic E-state index is 13.2. The molecule has 0 saturated heterocycles. The Morgan fingerprint density at radius 3 is 2.37 bits per heavy atom. The van der Waals surface area contributed by atoms with E-state index in [0.717, 1.165) is 21.3 Å². The second-order valence-electron chi connectivity index (χ2n) is 7.24. The topological polar surface area (TPSA) is 83.4 Å². The summed E-state index contributed by atoms with van der Waals surface area (Å²) in [6, 6.07) is 11.0. The van der Waals surface area contributed by atoms with E-state index in [4.69, 9.17) is 5.11 Å². The van der Waals surface area contributed by atoms with Crippen LogP contribution in [0.3, 0.4) is 0 Å². The third-order valence-corrected chi connectivity index (χ3v) is 5.84. The van der Waals surface area contributed by atoms with Crippen molar-refractivity contribution in [1.29, 1.82) is 0 Å². The van der Waals surface area contributed by atoms with Gasteiger partial charge in [-0.25, -0.2) is 9.97 Å². The fourth-order valence-corrected chi connectivity index (χ4v) is 4.32. The van der Waals surface area contributed by atoms with Crippen molar-refractivity contribution in [3.63, 3.8) is 0 Å². The van der Waals surface area contributed by atoms with Gasteiger partial charge in [-0.15, -0.1) is 11.3 Å². The predicted molar refractivity (Wildman–Crippen MR) is 122 cm³/mol. The quantitative estimate of drug-likeness (QED) is 0.466. The Labute approximate surface area is 187 Å². The number of carboxylic acids is 1. The summed E-state index contributed by atoms with van der Waals surface area (Å²) in [6.45, 7) is 4.37. The number of carbonyl (C=O) groups excluding carboxylic acids is 1. The van der Waals surface area contributed by atoms with E-state index in [1.807, 2.05) is 24.3 Å². The summed E-state index contributed by atoms with van der Waals surface area (Å²) in [5.41, 5.74) is 1.45. The van der Waals surface area contributed by atoms with Gasteiger partial charge in [0.15, 0.2) is 5.82 Å². The fourth-order valence-electron chi connectivity index (χ4n) is 2.95. The Morgan fingerprint density at radius 1 is 1.10 bits per heavy atom. The van der Waals surface area contributed by atoms with Crippen molar-refractivity contribution >= 4 is 44.8 Å². The molecule has 0 aliphatic heterocycles. The SMILES string of the molecule is CC(C)Cc1ccc(C(=O)N(CCC(=O)O)c2ccc(-c3ncc(Br)cn3)cc2)s1. The van der Waals surface area contributed by atoms with Crippen LogP contribution in [0.25, 0.3) is 11.4 Å². The number of benzene rings is 1. The Kier molecular flexibility index (Phi) is 7.33. The molecule has 3 rings (SSSR count). The maximum Gasteiger partial charge on any atom is 0.305 e. The lowest BCUT2D eigenvalue weighted by atomic mass is 10.1. The number of anilines is 1. The molecule has 0 fully saturated rings. The summed E-state index contributed by atoms with van der Waals surface area (Å²) in [6.07, 6.45) is 4.12. The molecule has 3 aromatic rings. The first kappa shape index (κ1) is 22.1. The van der Waals surface area contributed by atoms with Crippen molar-refractivity contribution in [2.24, 2.45) is 5.92 Å². The normalized spacial score (nSPS) is 10.9. The Balaban J connectivity index is 1.85. The van der Waals surface area contributed by atoms with Crippen LogP contribution in [-0.4, -0.2) is 33.5 Å². The van der Waals surface area contributed by atoms with Gasteiger partial charge in [0.25, 0.3) is 5.91 Å². The van der Waals surface area contributed by atoms with E-state index in [2.05, 4.69) is 39.7 Å². The second-order valence-corrected chi connectivity index (χ2v) is 9.32. The van der Waals surface area contributed by atoms with E-state index in [0.29, 0.717) is 22.3 Å². The van der Waals surface area contributed by atoms with Crippen LogP contribution in [0.2, 0.25) is 0 Å². The minimum absolute atomic E-state index is 0.0969. The first-order chi connectivity index (χ1) is 14.3. The number of aliphatic carboxylic acids is 1. The van der Waals surface area contributed by atoms with Gasteiger partial charge in [-0.3, -0.25) is 9.59 Å². The number of amides is 1. The summed E-state index contributed by atoms with van der Waals surface area (Å²) in [4.78, 5) is 36.1. The van der Waals surface area contributed by atoms with E-state index < -0.39 is 5.97 Å². The molecule has 30 heavy (non-hydrogen) atoms. The number of halogens is 1. The van der Waals surface area contributed by atoms with Crippen molar-refractivity contribution in [2.75, 3.05) is 11.4 Å². The number of hydrogen-bond donors (Lipinski definition) is 1. The van der Waals surface area contributed by atoms with Crippen LogP contribution < -0.4 is 4.90 Å². The van der Waals surface area contributed by atoms with E-state index in [9.17, 15) is 9.59 Å². The monoisotopic (exact) mass is 487 g/mol. The van der Waals surface area contributed by atoms with Gasteiger partial charge in [-0.05, 0) is 64.7 Å². The third kappa shape index (κ3) is 5.73. The number of nitrogens with zero attached hydrogens (tertiary/aromatic N) is 3. The van der Waals surface area contributed by atoms with E-state index in [1.54, 1.807) is 24.5 Å². The molecule has 6 nitrogen and oxygen atoms in total. The molecule has 1 amide bonds. The highest BCUT2D eigenvalue weighted by Crippen LogP contribution is 2.26. The van der Waals surface area contributed by atoms with Crippen molar-refractivity contribution in [1.82, 2.24) is 9.97 Å². The van der Waals surface area contributed by atoms with Gasteiger partial charge in [0.05, 0.1) is 15.8 Å². The molecule has 1 aromatic carbocycles. The van der Waals surface area contributed by atoms with Crippen molar-refractivity contribution < 1.29 is 14.7 Å². The van der Waals surface area contributed by atoms with Crippen molar-refractivity contribution in [2.45, 2.75) is 26.7 Å². The van der Waals surface area contributed by atoms with Gasteiger partial charge >= 0.3 is 5.97 Å². The molecule has 0 atom stereocenters. The van der Waals surface area contributed by atoms with Crippen LogP contribution in [0.1, 0.15) is 34.8 Å². The summed E-state index contributed by atoms with van der Waals surface area (Å²) in [5, 5.41) is 9.12. The van der Waals surface area contributed by atoms with Crippen LogP contribution in [-0.2, 0) is 11.2 Å². The second kappa shape index (κ2) is 9.95. The molecule has 0 radical (unpaired) electrons. The highest BCUT2D eigenvalue weighted by Gasteiger charge is 2.21. The number of hydrogen-bond acceptors (Lipinski definition) is 5. The summed E-state index contributed by atoms with van der Waals surface area (Å²) >= 11 is 4.78. The summed E-state index contributed by atoms with van der Waals surface area (Å²) in [7, 11) is 0. The molecule has 2 heterocycles. The van der Waals surface area contributed by atoms with Crippen LogP contribution in [0.4, 0.5) is 5.69 Å². The molecular formula is C22H22BrN3O3S. The van der Waals surface area contributed by atoms with Crippen molar-refractivity contribution in [3.05, 3.63) is 63.0 Å². The molecule has 2 aromatic heterocycles. The minimum atomic E-state index is -0.945. The summed E-state index contributed by atoms with van der Waals surface area (Å²) in [5.74, 6) is -0.0592. The van der Waals surface area contributed by atoms with Gasteiger partial charge in [-0.2, -0.15) is 0 Å². The maximum atomic E-state index is 13.2. The molecule has 0 aliphatic rings. The van der Waals surface area contributed by atoms with Crippen LogP contribution in [0.15, 0.2) is 53.3 Å². The van der Waals surface area contributed by atoms with Crippen LogP contribution in [0.5, 0.6) is 0 Å². The van der Waals surface area contributed by atoms with Gasteiger partial charge in [0.1, 0.15) is 0 Å². The molecular weight excluding hydrogens is 466 g/mol. The van der Waals surface area contributed by atoms with E-state index in [-0.39, 0.29) is 18.9 Å². The third-order valence-electron chi connectivity index (χ3n) is 4.33. The lowest BCUT2D eigenvalue weighted by Crippen LogP contribution is -2.32. The van der Waals surface area contributed by atoms with Gasteiger partial charge < -0.3 is 10.0 Å². The predicted octanol–water partition coefficient (Wildman–Crippen LogP) is 5.29. The molecule has 156 valence electrons. The average Bonchev–Trinajstić information content (AvgIpc) is 3.16. The zero-order valence-electron chi connectivity index (χ0n) is 16.7. The standard InChI is InChI=1S/C22H22BrN3O3S/c1-14(2)11-18-7-8-19(30-18)22(29)26(10-9-20(27)28)17-5-3-15(4-6-17)21-24-12-16(23)13-25-21/h3-8,12-14H,9-11H2,1-2H3,(H,27,28). The molecule has 0 bridgehead atoms. The molecule has 0 unspecified atom stereocenters. The van der Waals surface area contributed by atoms with E-state index >= 15 is 0 Å². The molecule has 0 saturated carbocycles. The number of rotatable bonds is 8. The highest BCUT2D eigenvalue weighted by atomic mass is 79.9. The first-order valence-corrected chi connectivity index (χ1v) is 11.1. The average molecular weight is 488 g/mol. The Bertz CT molecular complexity index is 1020. The van der Waals surface area contributed by atoms with E-state index in [1.165, 1.54) is 16.2 Å². The number of carboxylic acid groups (broad SMARTS) is 1. The van der Waals surface area contributed by atoms with Gasteiger partial charge in [0.2, 0.25) is 0 Å². The fraction of sp³-hybridized carbons (Fsp3) is 0.273. The largest absolute Gasteiger partial charge is 0.481 e. The van der Waals surface area contributed by atoms with Gasteiger partial charge in [-0.1, -0.05) is 13.8 Å². The molecule has 0 aliphatic carbocycles. The molecule has 1 N–H and O–H groups in total. The Hall–Kier alpha value is -2.58. The lowest BCUT2D eigenvalue weighted by molar-refractivity contribution is -0.136. The zero-order valence-corrected chi connectivity index (χ0v) is 19.1. The number of thiophene rings is 1. The highest BCUT2D eigenvalue weighted by molar-refractivity contribution is 9.10. The number of aromatic nitrogens is 2. The number of carbonyl (C=O) groups is 2. The minimum Gasteiger partial charge on any atom is -0.481 e. The van der Waals surface area contributed by atoms with Crippen LogP contribution >= 0.6 is 27.3 Å². The zero-order chi connectivity index (χ0) is 21.7.